The Morgan fingerprint density at radius 3 is 1.88 bits per heavy atom. The fourth-order valence-corrected chi connectivity index (χ4v) is 3.46. The van der Waals surface area contributed by atoms with Crippen LogP contribution in [0.2, 0.25) is 0 Å². The summed E-state index contributed by atoms with van der Waals surface area (Å²) in [5, 5.41) is 4.80. The van der Waals surface area contributed by atoms with Crippen LogP contribution in [0.3, 0.4) is 0 Å². The second kappa shape index (κ2) is 5.76. The number of hydrogen-bond donors (Lipinski definition) is 3. The van der Waals surface area contributed by atoms with Gasteiger partial charge < -0.3 is 5.11 Å². The molecule has 0 rings (SSSR count). The molecule has 0 aliphatic rings. The Balaban J connectivity index is 5.48. The summed E-state index contributed by atoms with van der Waals surface area (Å²) in [4.78, 5) is 10.6. The molecular formula is C7H13O8S2. The predicted molar refractivity (Wildman–Crippen MR) is 57.3 cm³/mol. The molecule has 0 saturated carbocycles. The van der Waals surface area contributed by atoms with Crippen LogP contribution >= 0.6 is 0 Å². The SMILES string of the molecule is CCCCC([C](C(=O)O)S(=O)(=O)O)S(=O)(=O)O. The zero-order valence-electron chi connectivity index (χ0n) is 8.90. The van der Waals surface area contributed by atoms with Gasteiger partial charge in [0.05, 0.1) is 0 Å². The van der Waals surface area contributed by atoms with E-state index >= 15 is 0 Å². The maximum absolute atomic E-state index is 10.9. The van der Waals surface area contributed by atoms with Gasteiger partial charge in [-0.1, -0.05) is 19.8 Å². The minimum Gasteiger partial charge on any atom is -0.480 e. The van der Waals surface area contributed by atoms with Crippen LogP contribution < -0.4 is 0 Å². The number of carbonyl (C=O) groups is 1. The zero-order valence-corrected chi connectivity index (χ0v) is 10.5. The van der Waals surface area contributed by atoms with Gasteiger partial charge in [-0.2, -0.15) is 16.8 Å². The minimum absolute atomic E-state index is 0.177. The van der Waals surface area contributed by atoms with Crippen LogP contribution in [0.4, 0.5) is 0 Å². The third-order valence-corrected chi connectivity index (χ3v) is 4.32. The van der Waals surface area contributed by atoms with Crippen molar-refractivity contribution in [2.24, 2.45) is 0 Å². The molecule has 8 nitrogen and oxygen atoms in total. The zero-order chi connectivity index (χ0) is 13.9. The highest BCUT2D eigenvalue weighted by Gasteiger charge is 2.46. The molecule has 0 spiro atoms. The van der Waals surface area contributed by atoms with E-state index in [0.29, 0.717) is 6.42 Å². The molecule has 0 fully saturated rings. The Labute approximate surface area is 99.1 Å². The summed E-state index contributed by atoms with van der Waals surface area (Å²) in [5.41, 5.74) is 0. The Kier molecular flexibility index (Phi) is 5.52. The van der Waals surface area contributed by atoms with Gasteiger partial charge in [0.2, 0.25) is 5.25 Å². The van der Waals surface area contributed by atoms with E-state index in [0.717, 1.165) is 0 Å². The maximum atomic E-state index is 10.9. The Morgan fingerprint density at radius 2 is 1.65 bits per heavy atom. The second-order valence-electron chi connectivity index (χ2n) is 3.29. The maximum Gasteiger partial charge on any atom is 0.331 e. The lowest BCUT2D eigenvalue weighted by atomic mass is 10.1. The highest BCUT2D eigenvalue weighted by Crippen LogP contribution is 2.25. The number of hydrogen-bond acceptors (Lipinski definition) is 5. The van der Waals surface area contributed by atoms with Crippen molar-refractivity contribution in [1.29, 1.82) is 0 Å². The molecule has 0 aliphatic carbocycles. The molecule has 10 heteroatoms. The molecule has 1 unspecified atom stereocenters. The lowest BCUT2D eigenvalue weighted by Gasteiger charge is -2.17. The number of unbranched alkanes of at least 4 members (excludes halogenated alkanes) is 1. The van der Waals surface area contributed by atoms with Gasteiger partial charge in [-0.25, -0.2) is 0 Å². The average molecular weight is 289 g/mol. The molecule has 3 N–H and O–H groups in total. The normalized spacial score (nSPS) is 14.8. The van der Waals surface area contributed by atoms with Gasteiger partial charge in [0, 0.05) is 0 Å². The highest BCUT2D eigenvalue weighted by atomic mass is 32.2. The molecule has 0 amide bonds. The predicted octanol–water partition coefficient (Wildman–Crippen LogP) is -0.0626. The minimum atomic E-state index is -5.20. The molecule has 0 aromatic rings. The van der Waals surface area contributed by atoms with E-state index in [1.54, 1.807) is 6.92 Å². The molecule has 0 heterocycles. The molecule has 1 radical (unpaired) electrons. The fourth-order valence-electron chi connectivity index (χ4n) is 1.22. The number of aliphatic carboxylic acids is 1. The molecule has 0 aliphatic heterocycles. The summed E-state index contributed by atoms with van der Waals surface area (Å²) in [5.74, 6) is -2.11. The van der Waals surface area contributed by atoms with Crippen LogP contribution in [0, 0.1) is 5.25 Å². The Hall–Kier alpha value is -0.710. The number of carboxylic acids is 1. The van der Waals surface area contributed by atoms with Gasteiger partial charge in [-0.3, -0.25) is 13.9 Å². The molecule has 17 heavy (non-hydrogen) atoms. The lowest BCUT2D eigenvalue weighted by molar-refractivity contribution is -0.133. The van der Waals surface area contributed by atoms with E-state index in [2.05, 4.69) is 0 Å². The van der Waals surface area contributed by atoms with Crippen molar-refractivity contribution in [3.05, 3.63) is 5.25 Å². The van der Waals surface area contributed by atoms with E-state index in [1.807, 2.05) is 0 Å². The summed E-state index contributed by atoms with van der Waals surface area (Å²) >= 11 is 0. The van der Waals surface area contributed by atoms with E-state index in [-0.39, 0.29) is 6.42 Å². The number of carboxylic acid groups (broad SMARTS) is 1. The Bertz CT molecular complexity index is 462. The van der Waals surface area contributed by atoms with Gasteiger partial charge in [0.15, 0.2) is 0 Å². The average Bonchev–Trinajstić information content (AvgIpc) is 2.06. The molecule has 1 atom stereocenters. The van der Waals surface area contributed by atoms with Gasteiger partial charge in [0.1, 0.15) is 5.25 Å². The first-order valence-corrected chi connectivity index (χ1v) is 7.50. The van der Waals surface area contributed by atoms with Crippen molar-refractivity contribution in [3.63, 3.8) is 0 Å². The summed E-state index contributed by atoms with van der Waals surface area (Å²) < 4.78 is 60.9. The van der Waals surface area contributed by atoms with Crippen molar-refractivity contribution in [2.45, 2.75) is 31.4 Å². The van der Waals surface area contributed by atoms with Crippen molar-refractivity contribution < 1.29 is 35.8 Å². The van der Waals surface area contributed by atoms with Gasteiger partial charge in [-0.05, 0) is 6.42 Å². The van der Waals surface area contributed by atoms with E-state index in [9.17, 15) is 21.6 Å². The number of rotatable bonds is 7. The molecule has 0 saturated heterocycles. The summed E-state index contributed by atoms with van der Waals surface area (Å²) in [6.07, 6.45) is 0.234. The first-order valence-electron chi connectivity index (χ1n) is 4.55. The van der Waals surface area contributed by atoms with Crippen LogP contribution in [0.15, 0.2) is 0 Å². The second-order valence-corrected chi connectivity index (χ2v) is 6.28. The molecule has 0 aromatic heterocycles. The van der Waals surface area contributed by atoms with Crippen LogP contribution in [-0.2, 0) is 25.0 Å². The largest absolute Gasteiger partial charge is 0.480 e. The highest BCUT2D eigenvalue weighted by molar-refractivity contribution is 7.93. The smallest absolute Gasteiger partial charge is 0.331 e. The van der Waals surface area contributed by atoms with E-state index < -0.39 is 43.1 Å². The lowest BCUT2D eigenvalue weighted by Crippen LogP contribution is -2.38. The van der Waals surface area contributed by atoms with E-state index in [1.165, 1.54) is 0 Å². The molecule has 0 bridgehead atoms. The molecule has 101 valence electrons. The van der Waals surface area contributed by atoms with Crippen molar-refractivity contribution in [1.82, 2.24) is 0 Å². The monoisotopic (exact) mass is 289 g/mol. The molecular weight excluding hydrogens is 276 g/mol. The standard InChI is InChI=1S/C7H13O8S2/c1-2-3-4-5(16(10,11)12)6(7(8)9)17(13,14)15/h5H,2-4H2,1H3,(H,8,9)(H,10,11,12)(H,13,14,15). The van der Waals surface area contributed by atoms with E-state index in [4.69, 9.17) is 14.2 Å². The quantitative estimate of drug-likeness (QED) is 0.552. The Morgan fingerprint density at radius 1 is 1.18 bits per heavy atom. The van der Waals surface area contributed by atoms with Crippen molar-refractivity contribution in [3.8, 4) is 0 Å². The third-order valence-electron chi connectivity index (χ3n) is 1.96. The van der Waals surface area contributed by atoms with Crippen LogP contribution in [0.5, 0.6) is 0 Å². The van der Waals surface area contributed by atoms with Crippen molar-refractivity contribution in [2.75, 3.05) is 0 Å². The first kappa shape index (κ1) is 16.3. The third kappa shape index (κ3) is 4.98. The van der Waals surface area contributed by atoms with Gasteiger partial charge >= 0.3 is 5.97 Å². The summed E-state index contributed by atoms with van der Waals surface area (Å²) in [7, 11) is -10.1. The fraction of sp³-hybridized carbons (Fsp3) is 0.714. The first-order chi connectivity index (χ1) is 7.51. The van der Waals surface area contributed by atoms with Gasteiger partial charge in [0.25, 0.3) is 20.2 Å². The van der Waals surface area contributed by atoms with Gasteiger partial charge in [-0.15, -0.1) is 0 Å². The summed E-state index contributed by atoms with van der Waals surface area (Å²) in [6, 6.07) is 0. The summed E-state index contributed by atoms with van der Waals surface area (Å²) in [6.45, 7) is 1.66. The molecule has 0 aromatic carbocycles. The van der Waals surface area contributed by atoms with Crippen LogP contribution in [0.25, 0.3) is 0 Å². The van der Waals surface area contributed by atoms with Crippen molar-refractivity contribution >= 4 is 26.2 Å². The van der Waals surface area contributed by atoms with Crippen LogP contribution in [0.1, 0.15) is 26.2 Å². The van der Waals surface area contributed by atoms with Crippen LogP contribution in [-0.4, -0.2) is 42.3 Å². The topological polar surface area (TPSA) is 146 Å².